The molecule has 22 heavy (non-hydrogen) atoms. The smallest absolute Gasteiger partial charge is 0.249 e. The number of aryl methyl sites for hydroxylation is 2. The van der Waals surface area contributed by atoms with Gasteiger partial charge in [0.1, 0.15) is 5.75 Å². The quantitative estimate of drug-likeness (QED) is 0.820. The zero-order valence-electron chi connectivity index (χ0n) is 14.1. The number of carbonyl (C=O) groups excluding carboxylic acids is 2. The Labute approximate surface area is 131 Å². The summed E-state index contributed by atoms with van der Waals surface area (Å²) in [5.41, 5.74) is 0.728. The van der Waals surface area contributed by atoms with E-state index in [-0.39, 0.29) is 24.1 Å². The third kappa shape index (κ3) is 2.73. The Morgan fingerprint density at radius 1 is 1.00 bits per heavy atom. The Kier molecular flexibility index (Phi) is 3.81. The minimum atomic E-state index is -0.793. The zero-order chi connectivity index (χ0) is 16.9. The minimum Gasteiger partial charge on any atom is -0.507 e. The number of piperazine rings is 1. The van der Waals surface area contributed by atoms with E-state index in [9.17, 15) is 14.7 Å². The maximum Gasteiger partial charge on any atom is 0.249 e. The maximum absolute atomic E-state index is 12.6. The molecular weight excluding hydrogens is 280 g/mol. The van der Waals surface area contributed by atoms with Gasteiger partial charge in [0.05, 0.1) is 17.6 Å². The lowest BCUT2D eigenvalue weighted by atomic mass is 9.89. The fraction of sp³-hybridized carbons (Fsp3) is 0.529. The molecule has 0 radical (unpaired) electrons. The summed E-state index contributed by atoms with van der Waals surface area (Å²) in [7, 11) is 0. The first kappa shape index (κ1) is 16.5. The third-order valence-corrected chi connectivity index (χ3v) is 4.08. The second-order valence-electron chi connectivity index (χ2n) is 7.15. The first-order valence-electron chi connectivity index (χ1n) is 7.40. The van der Waals surface area contributed by atoms with E-state index in [1.54, 1.807) is 41.5 Å². The molecule has 2 N–H and O–H groups in total. The van der Waals surface area contributed by atoms with Gasteiger partial charge in [-0.1, -0.05) is 12.1 Å². The van der Waals surface area contributed by atoms with Crippen LogP contribution in [-0.2, 0) is 16.1 Å². The summed E-state index contributed by atoms with van der Waals surface area (Å²) in [4.78, 5) is 26.5. The number of rotatable bonds is 2. The predicted octanol–water partition coefficient (Wildman–Crippen LogP) is 2.02. The van der Waals surface area contributed by atoms with Crippen LogP contribution in [0.4, 0.5) is 0 Å². The fourth-order valence-corrected chi connectivity index (χ4v) is 3.12. The number of imide groups is 1. The molecule has 0 aromatic heterocycles. The SMILES string of the molecule is Cc1cc(CN2C(=O)C(C)(C)NC(C)(C)C2=O)cc(C)c1O. The van der Waals surface area contributed by atoms with Crippen LogP contribution >= 0.6 is 0 Å². The second kappa shape index (κ2) is 5.09. The summed E-state index contributed by atoms with van der Waals surface area (Å²) in [5.74, 6) is -0.220. The van der Waals surface area contributed by atoms with E-state index in [2.05, 4.69) is 5.32 Å². The summed E-state index contributed by atoms with van der Waals surface area (Å²) in [6.07, 6.45) is 0. The van der Waals surface area contributed by atoms with Crippen LogP contribution in [0.25, 0.3) is 0 Å². The van der Waals surface area contributed by atoms with Crippen LogP contribution in [0, 0.1) is 13.8 Å². The summed E-state index contributed by atoms with van der Waals surface area (Å²) in [5, 5.41) is 12.9. The van der Waals surface area contributed by atoms with Crippen molar-refractivity contribution >= 4 is 11.8 Å². The Morgan fingerprint density at radius 3 is 1.82 bits per heavy atom. The van der Waals surface area contributed by atoms with Gasteiger partial charge in [0.2, 0.25) is 11.8 Å². The van der Waals surface area contributed by atoms with E-state index < -0.39 is 11.1 Å². The molecule has 0 bridgehead atoms. The number of amides is 2. The van der Waals surface area contributed by atoms with Gasteiger partial charge in [-0.05, 0) is 58.2 Å². The van der Waals surface area contributed by atoms with Crippen molar-refractivity contribution in [2.24, 2.45) is 0 Å². The van der Waals surface area contributed by atoms with E-state index in [0.717, 1.165) is 16.7 Å². The Hall–Kier alpha value is -1.88. The lowest BCUT2D eigenvalue weighted by Gasteiger charge is -2.45. The largest absolute Gasteiger partial charge is 0.507 e. The average molecular weight is 304 g/mol. The Bertz CT molecular complexity index is 598. The molecule has 5 nitrogen and oxygen atoms in total. The molecule has 1 aromatic carbocycles. The van der Waals surface area contributed by atoms with Crippen LogP contribution in [0.15, 0.2) is 12.1 Å². The van der Waals surface area contributed by atoms with Crippen molar-refractivity contribution in [3.8, 4) is 5.75 Å². The van der Waals surface area contributed by atoms with Gasteiger partial charge in [0, 0.05) is 0 Å². The number of aromatic hydroxyl groups is 1. The minimum absolute atomic E-state index is 0.216. The number of nitrogens with zero attached hydrogens (tertiary/aromatic N) is 1. The van der Waals surface area contributed by atoms with E-state index in [1.165, 1.54) is 4.90 Å². The highest BCUT2D eigenvalue weighted by atomic mass is 16.3. The van der Waals surface area contributed by atoms with Gasteiger partial charge in [-0.3, -0.25) is 19.8 Å². The first-order chi connectivity index (χ1) is 9.95. The molecule has 1 aliphatic rings. The summed E-state index contributed by atoms with van der Waals surface area (Å²) >= 11 is 0. The Morgan fingerprint density at radius 2 is 1.41 bits per heavy atom. The number of benzene rings is 1. The van der Waals surface area contributed by atoms with Crippen LogP contribution in [0.1, 0.15) is 44.4 Å². The summed E-state index contributed by atoms with van der Waals surface area (Å²) in [6.45, 7) is 11.0. The molecule has 120 valence electrons. The maximum atomic E-state index is 12.6. The van der Waals surface area contributed by atoms with Crippen LogP contribution in [0.2, 0.25) is 0 Å². The molecule has 0 atom stereocenters. The number of carbonyl (C=O) groups is 2. The van der Waals surface area contributed by atoms with E-state index in [4.69, 9.17) is 0 Å². The van der Waals surface area contributed by atoms with Crippen LogP contribution in [0.3, 0.4) is 0 Å². The average Bonchev–Trinajstić information content (AvgIpc) is 2.38. The Balaban J connectivity index is 2.38. The molecule has 1 heterocycles. The molecule has 2 amide bonds. The highest BCUT2D eigenvalue weighted by Gasteiger charge is 2.49. The lowest BCUT2D eigenvalue weighted by molar-refractivity contribution is -0.160. The standard InChI is InChI=1S/C17H24N2O3/c1-10-7-12(8-11(2)13(10)20)9-19-14(21)16(3,4)18-17(5,6)15(19)22/h7-8,18,20H,9H2,1-6H3. The van der Waals surface area contributed by atoms with Crippen molar-refractivity contribution in [3.05, 3.63) is 28.8 Å². The highest BCUT2D eigenvalue weighted by Crippen LogP contribution is 2.28. The molecule has 0 aliphatic carbocycles. The van der Waals surface area contributed by atoms with Crippen molar-refractivity contribution in [2.45, 2.75) is 59.2 Å². The van der Waals surface area contributed by atoms with Crippen molar-refractivity contribution in [1.82, 2.24) is 10.2 Å². The summed E-state index contributed by atoms with van der Waals surface area (Å²) < 4.78 is 0. The summed E-state index contributed by atoms with van der Waals surface area (Å²) in [6, 6.07) is 3.62. The van der Waals surface area contributed by atoms with Gasteiger partial charge < -0.3 is 5.11 Å². The molecule has 1 aliphatic heterocycles. The first-order valence-corrected chi connectivity index (χ1v) is 7.40. The second-order valence-corrected chi connectivity index (χ2v) is 7.15. The molecular formula is C17H24N2O3. The number of nitrogens with one attached hydrogen (secondary N) is 1. The van der Waals surface area contributed by atoms with Gasteiger partial charge >= 0.3 is 0 Å². The molecule has 2 rings (SSSR count). The molecule has 1 aromatic rings. The molecule has 0 saturated carbocycles. The van der Waals surface area contributed by atoms with Gasteiger partial charge in [-0.2, -0.15) is 0 Å². The lowest BCUT2D eigenvalue weighted by Crippen LogP contribution is -2.72. The predicted molar refractivity (Wildman–Crippen MR) is 84.4 cm³/mol. The molecule has 0 spiro atoms. The zero-order valence-corrected chi connectivity index (χ0v) is 14.1. The van der Waals surface area contributed by atoms with Crippen molar-refractivity contribution < 1.29 is 14.7 Å². The topological polar surface area (TPSA) is 69.6 Å². The normalized spacial score (nSPS) is 20.4. The molecule has 1 fully saturated rings. The fourth-order valence-electron chi connectivity index (χ4n) is 3.12. The van der Waals surface area contributed by atoms with Crippen molar-refractivity contribution in [3.63, 3.8) is 0 Å². The number of hydrogen-bond acceptors (Lipinski definition) is 4. The van der Waals surface area contributed by atoms with Gasteiger partial charge in [0.25, 0.3) is 0 Å². The van der Waals surface area contributed by atoms with Crippen LogP contribution in [-0.4, -0.2) is 32.9 Å². The van der Waals surface area contributed by atoms with Crippen LogP contribution < -0.4 is 5.32 Å². The third-order valence-electron chi connectivity index (χ3n) is 4.08. The van der Waals surface area contributed by atoms with Gasteiger partial charge in [-0.15, -0.1) is 0 Å². The monoisotopic (exact) mass is 304 g/mol. The van der Waals surface area contributed by atoms with Crippen LogP contribution in [0.5, 0.6) is 5.75 Å². The van der Waals surface area contributed by atoms with E-state index in [0.29, 0.717) is 0 Å². The number of hydrogen-bond donors (Lipinski definition) is 2. The molecule has 1 saturated heterocycles. The number of phenolic OH excluding ortho intramolecular Hbond substituents is 1. The van der Waals surface area contributed by atoms with E-state index in [1.807, 2.05) is 12.1 Å². The number of phenols is 1. The molecule has 0 unspecified atom stereocenters. The van der Waals surface area contributed by atoms with Crippen molar-refractivity contribution in [2.75, 3.05) is 0 Å². The van der Waals surface area contributed by atoms with Crippen molar-refractivity contribution in [1.29, 1.82) is 0 Å². The van der Waals surface area contributed by atoms with Gasteiger partial charge in [-0.25, -0.2) is 0 Å². The van der Waals surface area contributed by atoms with Gasteiger partial charge in [0.15, 0.2) is 0 Å². The van der Waals surface area contributed by atoms with E-state index >= 15 is 0 Å². The molecule has 5 heteroatoms. The highest BCUT2D eigenvalue weighted by molar-refractivity contribution is 6.06.